The van der Waals surface area contributed by atoms with E-state index in [0.29, 0.717) is 29.1 Å². The minimum Gasteiger partial charge on any atom is -0.369 e. The molecule has 0 atom stereocenters. The minimum absolute atomic E-state index is 0.232. The molecule has 2 N–H and O–H groups in total. The largest absolute Gasteiger partial charge is 0.369 e. The van der Waals surface area contributed by atoms with E-state index in [4.69, 9.17) is 0 Å². The van der Waals surface area contributed by atoms with Crippen molar-refractivity contribution in [3.8, 4) is 0 Å². The van der Waals surface area contributed by atoms with E-state index in [1.807, 2.05) is 31.2 Å². The monoisotopic (exact) mass is 541 g/mol. The Labute approximate surface area is 220 Å². The van der Waals surface area contributed by atoms with Crippen LogP contribution in [-0.2, 0) is 14.6 Å². The zero-order valence-electron chi connectivity index (χ0n) is 21.0. The van der Waals surface area contributed by atoms with Crippen LogP contribution >= 0.6 is 11.3 Å². The van der Waals surface area contributed by atoms with Crippen molar-refractivity contribution in [3.05, 3.63) is 42.0 Å². The Kier molecular flexibility index (Phi) is 7.40. The quantitative estimate of drug-likeness (QED) is 0.376. The molecule has 2 aromatic heterocycles. The summed E-state index contributed by atoms with van der Waals surface area (Å²) in [5.41, 5.74) is 1.49. The second-order valence-electron chi connectivity index (χ2n) is 9.60. The molecule has 1 aliphatic carbocycles. The van der Waals surface area contributed by atoms with Gasteiger partial charge >= 0.3 is 0 Å². The predicted octanol–water partition coefficient (Wildman–Crippen LogP) is 3.04. The molecule has 196 valence electrons. The molecule has 5 rings (SSSR count). The van der Waals surface area contributed by atoms with Crippen LogP contribution in [0.2, 0.25) is 0 Å². The second kappa shape index (κ2) is 10.7. The van der Waals surface area contributed by atoms with Crippen LogP contribution in [0.25, 0.3) is 10.3 Å². The van der Waals surface area contributed by atoms with E-state index < -0.39 is 15.7 Å². The number of carbonyl (C=O) groups excluding carboxylic acids is 1. The van der Waals surface area contributed by atoms with Gasteiger partial charge in [-0.25, -0.2) is 18.4 Å². The number of hydrogen-bond acceptors (Lipinski definition) is 10. The normalized spacial score (nSPS) is 16.5. The van der Waals surface area contributed by atoms with Crippen molar-refractivity contribution in [2.24, 2.45) is 5.10 Å². The SMILES string of the molecule is CN(C)CCNc1ccc2nc(NC(=O)/C(=N/N3CCCC3)c3ccc(S(=O)(=O)C4CC4)cc3)sc2n1. The first-order chi connectivity index (χ1) is 17.8. The highest BCUT2D eigenvalue weighted by molar-refractivity contribution is 7.92. The first-order valence-electron chi connectivity index (χ1n) is 12.4. The number of aromatic nitrogens is 2. The van der Waals surface area contributed by atoms with Gasteiger partial charge in [0.05, 0.1) is 10.1 Å². The average molecular weight is 542 g/mol. The molecule has 0 unspecified atom stereocenters. The fourth-order valence-electron chi connectivity index (χ4n) is 4.08. The number of rotatable bonds is 10. The number of nitrogens with one attached hydrogen (secondary N) is 2. The molecular weight excluding hydrogens is 510 g/mol. The summed E-state index contributed by atoms with van der Waals surface area (Å²) in [6.07, 6.45) is 3.45. The van der Waals surface area contributed by atoms with Gasteiger partial charge in [0.1, 0.15) is 16.2 Å². The number of hydrazone groups is 1. The van der Waals surface area contributed by atoms with E-state index in [1.165, 1.54) is 11.3 Å². The zero-order chi connectivity index (χ0) is 26.0. The lowest BCUT2D eigenvalue weighted by Crippen LogP contribution is -2.27. The summed E-state index contributed by atoms with van der Waals surface area (Å²) in [4.78, 5) is 25.6. The Balaban J connectivity index is 1.35. The van der Waals surface area contributed by atoms with Crippen LogP contribution in [0.4, 0.5) is 10.9 Å². The molecule has 3 heterocycles. The third kappa shape index (κ3) is 6.08. The van der Waals surface area contributed by atoms with Crippen LogP contribution in [0.1, 0.15) is 31.2 Å². The van der Waals surface area contributed by atoms with E-state index in [2.05, 4.69) is 30.6 Å². The lowest BCUT2D eigenvalue weighted by molar-refractivity contribution is -0.110. The Morgan fingerprint density at radius 1 is 1.11 bits per heavy atom. The van der Waals surface area contributed by atoms with Crippen molar-refractivity contribution in [2.75, 3.05) is 50.9 Å². The molecule has 1 aliphatic heterocycles. The number of fused-ring (bicyclic) bond motifs is 1. The summed E-state index contributed by atoms with van der Waals surface area (Å²) in [6.45, 7) is 3.21. The fraction of sp³-hybridized carbons (Fsp3) is 0.440. The standard InChI is InChI=1S/C25H31N7O3S2/c1-31(2)16-13-26-21-12-11-20-24(28-21)36-25(27-20)29-23(33)22(30-32-14-3-4-15-32)17-5-7-18(8-6-17)37(34,35)19-9-10-19/h5-8,11-12,19H,3-4,9-10,13-16H2,1-2H3,(H,26,28)(H,27,29,33)/b30-22+. The molecule has 1 aromatic carbocycles. The summed E-state index contributed by atoms with van der Waals surface area (Å²) in [5, 5.41) is 12.8. The van der Waals surface area contributed by atoms with Gasteiger partial charge in [-0.05, 0) is 64.0 Å². The maximum Gasteiger partial charge on any atom is 0.278 e. The van der Waals surface area contributed by atoms with E-state index in [1.54, 1.807) is 24.3 Å². The molecule has 2 aliphatic rings. The average Bonchev–Trinajstić information content (AvgIpc) is 3.48. The van der Waals surface area contributed by atoms with Crippen LogP contribution in [0.3, 0.4) is 0 Å². The second-order valence-corrected chi connectivity index (χ2v) is 12.8. The molecular formula is C25H31N7O3S2. The van der Waals surface area contributed by atoms with Gasteiger partial charge in [-0.2, -0.15) is 5.10 Å². The van der Waals surface area contributed by atoms with E-state index in [-0.39, 0.29) is 15.9 Å². The van der Waals surface area contributed by atoms with Crippen LogP contribution in [0.15, 0.2) is 46.4 Å². The van der Waals surface area contributed by atoms with Gasteiger partial charge in [-0.15, -0.1) is 0 Å². The number of amides is 1. The number of thiazole rings is 1. The third-order valence-corrected chi connectivity index (χ3v) is 9.46. The smallest absolute Gasteiger partial charge is 0.278 e. The molecule has 1 saturated heterocycles. The highest BCUT2D eigenvalue weighted by atomic mass is 32.2. The maximum atomic E-state index is 13.4. The molecule has 0 radical (unpaired) electrons. The highest BCUT2D eigenvalue weighted by Crippen LogP contribution is 2.33. The van der Waals surface area contributed by atoms with E-state index >= 15 is 0 Å². The van der Waals surface area contributed by atoms with Crippen molar-refractivity contribution < 1.29 is 13.2 Å². The number of benzene rings is 1. The van der Waals surface area contributed by atoms with Gasteiger partial charge in [0, 0.05) is 31.7 Å². The van der Waals surface area contributed by atoms with E-state index in [9.17, 15) is 13.2 Å². The minimum atomic E-state index is -3.30. The number of anilines is 2. The molecule has 0 spiro atoms. The van der Waals surface area contributed by atoms with Gasteiger partial charge < -0.3 is 10.2 Å². The van der Waals surface area contributed by atoms with Crippen LogP contribution in [0, 0.1) is 0 Å². The highest BCUT2D eigenvalue weighted by Gasteiger charge is 2.36. The van der Waals surface area contributed by atoms with Gasteiger partial charge in [0.25, 0.3) is 5.91 Å². The van der Waals surface area contributed by atoms with E-state index in [0.717, 1.165) is 49.7 Å². The topological polar surface area (TPSA) is 120 Å². The lowest BCUT2D eigenvalue weighted by atomic mass is 10.1. The van der Waals surface area contributed by atoms with Crippen molar-refractivity contribution in [1.29, 1.82) is 0 Å². The summed E-state index contributed by atoms with van der Waals surface area (Å²) < 4.78 is 25.2. The lowest BCUT2D eigenvalue weighted by Gasteiger charge is -2.14. The summed E-state index contributed by atoms with van der Waals surface area (Å²) in [5.74, 6) is 0.362. The number of pyridine rings is 1. The molecule has 1 saturated carbocycles. The maximum absolute atomic E-state index is 13.4. The fourth-order valence-corrected chi connectivity index (χ4v) is 6.57. The molecule has 2 fully saturated rings. The van der Waals surface area contributed by atoms with Gasteiger partial charge in [0.15, 0.2) is 20.7 Å². The Morgan fingerprint density at radius 2 is 1.84 bits per heavy atom. The number of hydrogen-bond donors (Lipinski definition) is 2. The number of likely N-dealkylation sites (N-methyl/N-ethyl adjacent to an activating group) is 1. The van der Waals surface area contributed by atoms with Gasteiger partial charge in [-0.1, -0.05) is 23.5 Å². The molecule has 12 heteroatoms. The zero-order valence-corrected chi connectivity index (χ0v) is 22.6. The van der Waals surface area contributed by atoms with Crippen molar-refractivity contribution in [1.82, 2.24) is 19.9 Å². The van der Waals surface area contributed by atoms with Crippen LogP contribution < -0.4 is 10.6 Å². The molecule has 0 bridgehead atoms. The van der Waals surface area contributed by atoms with Gasteiger partial charge in [-0.3, -0.25) is 15.1 Å². The van der Waals surface area contributed by atoms with Gasteiger partial charge in [0.2, 0.25) is 0 Å². The van der Waals surface area contributed by atoms with Crippen molar-refractivity contribution >= 4 is 54.1 Å². The van der Waals surface area contributed by atoms with Crippen LogP contribution in [-0.4, -0.2) is 85.4 Å². The molecule has 3 aromatic rings. The van der Waals surface area contributed by atoms with Crippen molar-refractivity contribution in [3.63, 3.8) is 0 Å². The Hall–Kier alpha value is -3.09. The molecule has 10 nitrogen and oxygen atoms in total. The number of nitrogens with zero attached hydrogens (tertiary/aromatic N) is 5. The first kappa shape index (κ1) is 25.6. The van der Waals surface area contributed by atoms with Crippen molar-refractivity contribution in [2.45, 2.75) is 35.8 Å². The number of carbonyl (C=O) groups is 1. The number of sulfone groups is 1. The molecule has 1 amide bonds. The first-order valence-corrected chi connectivity index (χ1v) is 14.8. The summed E-state index contributed by atoms with van der Waals surface area (Å²) in [7, 11) is 0.730. The predicted molar refractivity (Wildman–Crippen MR) is 147 cm³/mol. The third-order valence-electron chi connectivity index (χ3n) is 6.30. The summed E-state index contributed by atoms with van der Waals surface area (Å²) in [6, 6.07) is 10.2. The Bertz CT molecular complexity index is 1410. The molecule has 37 heavy (non-hydrogen) atoms. The summed E-state index contributed by atoms with van der Waals surface area (Å²) >= 11 is 1.30. The Morgan fingerprint density at radius 3 is 2.51 bits per heavy atom. The van der Waals surface area contributed by atoms with Crippen LogP contribution in [0.5, 0.6) is 0 Å².